The van der Waals surface area contributed by atoms with E-state index in [-0.39, 0.29) is 17.8 Å². The SMILES string of the molecule is CC(C)(C)c1ccc(S(=O)(=O)N2CCNCC2)cc1.[Cl-]. The highest BCUT2D eigenvalue weighted by Gasteiger charge is 2.26. The number of nitrogens with one attached hydrogen (secondary N) is 1. The van der Waals surface area contributed by atoms with Crippen LogP contribution in [0.4, 0.5) is 0 Å². The first-order chi connectivity index (χ1) is 8.82. The average Bonchev–Trinajstić information content (AvgIpc) is 2.39. The molecule has 1 aromatic rings. The molecule has 20 heavy (non-hydrogen) atoms. The molecule has 1 aliphatic rings. The summed E-state index contributed by atoms with van der Waals surface area (Å²) in [7, 11) is -3.33. The molecule has 0 atom stereocenters. The van der Waals surface area contributed by atoms with Crippen molar-refractivity contribution in [3.63, 3.8) is 0 Å². The van der Waals surface area contributed by atoms with E-state index in [1.165, 1.54) is 0 Å². The summed E-state index contributed by atoms with van der Waals surface area (Å²) in [5.41, 5.74) is 1.18. The third-order valence-corrected chi connectivity index (χ3v) is 5.35. The molecule has 0 bridgehead atoms. The minimum Gasteiger partial charge on any atom is -1.00 e. The number of halogens is 1. The zero-order valence-corrected chi connectivity index (χ0v) is 13.8. The van der Waals surface area contributed by atoms with Gasteiger partial charge in [0.2, 0.25) is 10.0 Å². The first kappa shape index (κ1) is 17.4. The number of rotatable bonds is 2. The highest BCUT2D eigenvalue weighted by molar-refractivity contribution is 7.89. The average molecular weight is 318 g/mol. The molecule has 1 heterocycles. The molecule has 1 aromatic carbocycles. The van der Waals surface area contributed by atoms with E-state index in [2.05, 4.69) is 26.1 Å². The van der Waals surface area contributed by atoms with Gasteiger partial charge in [-0.25, -0.2) is 8.42 Å². The Bertz CT molecular complexity index is 529. The second kappa shape index (κ2) is 6.43. The molecule has 0 aromatic heterocycles. The number of benzene rings is 1. The van der Waals surface area contributed by atoms with Gasteiger partial charge in [0.05, 0.1) is 4.90 Å². The van der Waals surface area contributed by atoms with Crippen LogP contribution >= 0.6 is 0 Å². The summed E-state index contributed by atoms with van der Waals surface area (Å²) in [5.74, 6) is 0. The zero-order valence-electron chi connectivity index (χ0n) is 12.2. The van der Waals surface area contributed by atoms with Gasteiger partial charge in [0.25, 0.3) is 0 Å². The number of sulfonamides is 1. The van der Waals surface area contributed by atoms with Crippen molar-refractivity contribution in [2.24, 2.45) is 0 Å². The Morgan fingerprint density at radius 3 is 2.00 bits per heavy atom. The lowest BCUT2D eigenvalue weighted by atomic mass is 9.87. The van der Waals surface area contributed by atoms with Crippen molar-refractivity contribution in [1.29, 1.82) is 0 Å². The van der Waals surface area contributed by atoms with E-state index in [0.29, 0.717) is 18.0 Å². The summed E-state index contributed by atoms with van der Waals surface area (Å²) in [6.07, 6.45) is 0. The predicted octanol–water partition coefficient (Wildman–Crippen LogP) is -1.42. The molecule has 0 unspecified atom stereocenters. The molecule has 1 aliphatic heterocycles. The van der Waals surface area contributed by atoms with Gasteiger partial charge in [0.15, 0.2) is 0 Å². The molecule has 4 nitrogen and oxygen atoms in total. The molecule has 114 valence electrons. The number of hydrogen-bond donors (Lipinski definition) is 1. The monoisotopic (exact) mass is 317 g/mol. The van der Waals surface area contributed by atoms with Gasteiger partial charge in [-0.2, -0.15) is 4.31 Å². The van der Waals surface area contributed by atoms with Crippen molar-refractivity contribution in [2.45, 2.75) is 31.1 Å². The van der Waals surface area contributed by atoms with Crippen molar-refractivity contribution in [1.82, 2.24) is 9.62 Å². The van der Waals surface area contributed by atoms with E-state index in [1.807, 2.05) is 12.1 Å². The van der Waals surface area contributed by atoms with Gasteiger partial charge in [0, 0.05) is 26.2 Å². The van der Waals surface area contributed by atoms with Crippen LogP contribution in [0.5, 0.6) is 0 Å². The fourth-order valence-electron chi connectivity index (χ4n) is 2.16. The van der Waals surface area contributed by atoms with Crippen molar-refractivity contribution in [2.75, 3.05) is 26.2 Å². The Labute approximate surface area is 128 Å². The standard InChI is InChI=1S/C14H22N2O2S.ClH/c1-14(2,3)12-4-6-13(7-5-12)19(17,18)16-10-8-15-9-11-16;/h4-7,15H,8-11H2,1-3H3;1H/p-1. The molecule has 0 saturated carbocycles. The Hall–Kier alpha value is -0.620. The minimum atomic E-state index is -3.33. The molecule has 6 heteroatoms. The van der Waals surface area contributed by atoms with E-state index in [9.17, 15) is 8.42 Å². The molecule has 2 rings (SSSR count). The predicted molar refractivity (Wildman–Crippen MR) is 76.8 cm³/mol. The summed E-state index contributed by atoms with van der Waals surface area (Å²) in [6.45, 7) is 8.89. The van der Waals surface area contributed by atoms with E-state index in [0.717, 1.165) is 18.7 Å². The van der Waals surface area contributed by atoms with Gasteiger partial charge in [-0.15, -0.1) is 0 Å². The smallest absolute Gasteiger partial charge is 0.243 e. The first-order valence-electron chi connectivity index (χ1n) is 6.63. The maximum Gasteiger partial charge on any atom is 0.243 e. The third-order valence-electron chi connectivity index (χ3n) is 3.43. The van der Waals surface area contributed by atoms with Gasteiger partial charge in [-0.05, 0) is 23.1 Å². The van der Waals surface area contributed by atoms with Crippen LogP contribution in [0.1, 0.15) is 26.3 Å². The summed E-state index contributed by atoms with van der Waals surface area (Å²) in [6, 6.07) is 7.26. The largest absolute Gasteiger partial charge is 1.00 e. The van der Waals surface area contributed by atoms with Crippen molar-refractivity contribution in [3.05, 3.63) is 29.8 Å². The quantitative estimate of drug-likeness (QED) is 0.728. The second-order valence-corrected chi connectivity index (χ2v) is 7.87. The molecule has 1 saturated heterocycles. The Balaban J connectivity index is 0.00000200. The van der Waals surface area contributed by atoms with E-state index in [1.54, 1.807) is 16.4 Å². The second-order valence-electron chi connectivity index (χ2n) is 5.93. The number of hydrogen-bond acceptors (Lipinski definition) is 3. The van der Waals surface area contributed by atoms with Gasteiger partial charge in [0.1, 0.15) is 0 Å². The minimum absolute atomic E-state index is 0. The first-order valence-corrected chi connectivity index (χ1v) is 8.07. The lowest BCUT2D eigenvalue weighted by Crippen LogP contribution is -3.00. The Morgan fingerprint density at radius 2 is 1.55 bits per heavy atom. The summed E-state index contributed by atoms with van der Waals surface area (Å²) in [5, 5.41) is 3.16. The van der Waals surface area contributed by atoms with Crippen LogP contribution in [0.25, 0.3) is 0 Å². The van der Waals surface area contributed by atoms with Gasteiger partial charge < -0.3 is 17.7 Å². The van der Waals surface area contributed by atoms with E-state index in [4.69, 9.17) is 0 Å². The fourth-order valence-corrected chi connectivity index (χ4v) is 3.60. The number of piperazine rings is 1. The van der Waals surface area contributed by atoms with Crippen molar-refractivity contribution in [3.8, 4) is 0 Å². The molecule has 0 radical (unpaired) electrons. The highest BCUT2D eigenvalue weighted by Crippen LogP contribution is 2.24. The van der Waals surface area contributed by atoms with Crippen LogP contribution in [0.2, 0.25) is 0 Å². The molecule has 1 fully saturated rings. The fraction of sp³-hybridized carbons (Fsp3) is 0.571. The van der Waals surface area contributed by atoms with Crippen LogP contribution in [0.15, 0.2) is 29.2 Å². The van der Waals surface area contributed by atoms with Crippen LogP contribution < -0.4 is 17.7 Å². The molecule has 0 amide bonds. The van der Waals surface area contributed by atoms with Gasteiger partial charge in [-0.3, -0.25) is 0 Å². The van der Waals surface area contributed by atoms with Crippen molar-refractivity contribution < 1.29 is 20.8 Å². The normalized spacial score (nSPS) is 17.6. The molecule has 0 spiro atoms. The maximum absolute atomic E-state index is 12.4. The van der Waals surface area contributed by atoms with Gasteiger partial charge >= 0.3 is 0 Å². The Morgan fingerprint density at radius 1 is 1.05 bits per heavy atom. The molecule has 0 aliphatic carbocycles. The highest BCUT2D eigenvalue weighted by atomic mass is 35.5. The van der Waals surface area contributed by atoms with E-state index < -0.39 is 10.0 Å². The van der Waals surface area contributed by atoms with Crippen LogP contribution in [-0.2, 0) is 15.4 Å². The van der Waals surface area contributed by atoms with Gasteiger partial charge in [-0.1, -0.05) is 32.9 Å². The number of nitrogens with zero attached hydrogens (tertiary/aromatic N) is 1. The summed E-state index contributed by atoms with van der Waals surface area (Å²) >= 11 is 0. The van der Waals surface area contributed by atoms with Crippen LogP contribution in [0.3, 0.4) is 0 Å². The summed E-state index contributed by atoms with van der Waals surface area (Å²) < 4.78 is 26.4. The lowest BCUT2D eigenvalue weighted by molar-refractivity contribution is -0.00000694. The third kappa shape index (κ3) is 3.73. The zero-order chi connectivity index (χ0) is 14.1. The van der Waals surface area contributed by atoms with Crippen molar-refractivity contribution >= 4 is 10.0 Å². The lowest BCUT2D eigenvalue weighted by Gasteiger charge is -2.27. The van der Waals surface area contributed by atoms with E-state index >= 15 is 0 Å². The molecular weight excluding hydrogens is 296 g/mol. The summed E-state index contributed by atoms with van der Waals surface area (Å²) in [4.78, 5) is 0.391. The maximum atomic E-state index is 12.4. The van der Waals surface area contributed by atoms with Crippen LogP contribution in [0, 0.1) is 0 Å². The Kier molecular flexibility index (Phi) is 5.61. The molecular formula is C14H22ClN2O2S-. The van der Waals surface area contributed by atoms with Crippen LogP contribution in [-0.4, -0.2) is 38.9 Å². The topological polar surface area (TPSA) is 49.4 Å². The molecule has 1 N–H and O–H groups in total.